The van der Waals surface area contributed by atoms with E-state index in [0.29, 0.717) is 18.0 Å². The van der Waals surface area contributed by atoms with Gasteiger partial charge in [-0.1, -0.05) is 29.8 Å². The van der Waals surface area contributed by atoms with Crippen LogP contribution in [0, 0.1) is 0 Å². The lowest BCUT2D eigenvalue weighted by atomic mass is 9.97. The Hall–Kier alpha value is -2.25. The quantitative estimate of drug-likeness (QED) is 0.453. The van der Waals surface area contributed by atoms with Crippen LogP contribution in [0.4, 0.5) is 5.69 Å². The fourth-order valence-electron chi connectivity index (χ4n) is 3.34. The molecule has 0 saturated carbocycles. The van der Waals surface area contributed by atoms with Gasteiger partial charge in [0.1, 0.15) is 0 Å². The van der Waals surface area contributed by atoms with Crippen molar-refractivity contribution in [3.05, 3.63) is 66.2 Å². The van der Waals surface area contributed by atoms with Crippen LogP contribution in [0.5, 0.6) is 0 Å². The fourth-order valence-corrected chi connectivity index (χ4v) is 5.26. The van der Waals surface area contributed by atoms with Gasteiger partial charge in [-0.2, -0.15) is 0 Å². The molecule has 0 unspecified atom stereocenters. The summed E-state index contributed by atoms with van der Waals surface area (Å²) in [6, 6.07) is 15.6. The van der Waals surface area contributed by atoms with E-state index in [2.05, 4.69) is 11.4 Å². The van der Waals surface area contributed by atoms with E-state index in [1.807, 2.05) is 6.07 Å². The number of para-hydroxylation sites is 1. The van der Waals surface area contributed by atoms with Gasteiger partial charge in [-0.25, -0.2) is 8.42 Å². The van der Waals surface area contributed by atoms with Crippen LogP contribution in [0.1, 0.15) is 32.1 Å². The minimum Gasteiger partial charge on any atom is -0.355 e. The van der Waals surface area contributed by atoms with Crippen molar-refractivity contribution in [3.63, 3.8) is 0 Å². The SMILES string of the molecule is CN(c1ccccc1)S(=O)(=O)c1ccc(SCC(=O)NCCC2=CCCCC2)cc1. The number of nitrogens with zero attached hydrogens (tertiary/aromatic N) is 1. The summed E-state index contributed by atoms with van der Waals surface area (Å²) in [4.78, 5) is 13.2. The van der Waals surface area contributed by atoms with Gasteiger partial charge in [-0.15, -0.1) is 11.8 Å². The monoisotopic (exact) mass is 444 g/mol. The highest BCUT2D eigenvalue weighted by Gasteiger charge is 2.21. The number of allylic oxidation sites excluding steroid dienone is 1. The number of amides is 1. The Morgan fingerprint density at radius 2 is 1.80 bits per heavy atom. The summed E-state index contributed by atoms with van der Waals surface area (Å²) in [6.45, 7) is 0.675. The molecule has 0 spiro atoms. The lowest BCUT2D eigenvalue weighted by Gasteiger charge is -2.19. The Morgan fingerprint density at radius 3 is 2.47 bits per heavy atom. The number of anilines is 1. The van der Waals surface area contributed by atoms with Crippen LogP contribution in [0.3, 0.4) is 0 Å². The van der Waals surface area contributed by atoms with Crippen molar-refractivity contribution in [1.82, 2.24) is 5.32 Å². The molecule has 0 aliphatic heterocycles. The molecule has 30 heavy (non-hydrogen) atoms. The highest BCUT2D eigenvalue weighted by molar-refractivity contribution is 8.00. The van der Waals surface area contributed by atoms with Crippen molar-refractivity contribution >= 4 is 33.4 Å². The van der Waals surface area contributed by atoms with Gasteiger partial charge < -0.3 is 5.32 Å². The lowest BCUT2D eigenvalue weighted by Crippen LogP contribution is -2.26. The second-order valence-corrected chi connectivity index (χ2v) is 10.3. The molecule has 5 nitrogen and oxygen atoms in total. The maximum absolute atomic E-state index is 12.8. The summed E-state index contributed by atoms with van der Waals surface area (Å²) in [6.07, 6.45) is 8.07. The van der Waals surface area contributed by atoms with Crippen molar-refractivity contribution in [3.8, 4) is 0 Å². The average molecular weight is 445 g/mol. The first-order valence-corrected chi connectivity index (χ1v) is 12.6. The van der Waals surface area contributed by atoms with Gasteiger partial charge in [0.25, 0.3) is 10.0 Å². The van der Waals surface area contributed by atoms with E-state index in [9.17, 15) is 13.2 Å². The third-order valence-corrected chi connectivity index (χ3v) is 7.94. The van der Waals surface area contributed by atoms with E-state index < -0.39 is 10.0 Å². The Bertz CT molecular complexity index is 971. The first-order valence-electron chi connectivity index (χ1n) is 10.2. The van der Waals surface area contributed by atoms with E-state index in [4.69, 9.17) is 0 Å². The van der Waals surface area contributed by atoms with Gasteiger partial charge in [-0.05, 0) is 68.5 Å². The lowest BCUT2D eigenvalue weighted by molar-refractivity contribution is -0.118. The van der Waals surface area contributed by atoms with Gasteiger partial charge in [-0.3, -0.25) is 9.10 Å². The highest BCUT2D eigenvalue weighted by atomic mass is 32.2. The van der Waals surface area contributed by atoms with Crippen molar-refractivity contribution < 1.29 is 13.2 Å². The maximum Gasteiger partial charge on any atom is 0.264 e. The first kappa shape index (κ1) is 22.4. The molecule has 1 aliphatic carbocycles. The molecule has 160 valence electrons. The molecule has 0 aromatic heterocycles. The number of hydrogen-bond acceptors (Lipinski definition) is 4. The summed E-state index contributed by atoms with van der Waals surface area (Å²) < 4.78 is 26.9. The fraction of sp³-hybridized carbons (Fsp3) is 0.348. The summed E-state index contributed by atoms with van der Waals surface area (Å²) in [5.74, 6) is 0.312. The molecule has 1 aliphatic rings. The largest absolute Gasteiger partial charge is 0.355 e. The van der Waals surface area contributed by atoms with Gasteiger partial charge in [0.05, 0.1) is 16.3 Å². The van der Waals surface area contributed by atoms with Crippen LogP contribution in [0.25, 0.3) is 0 Å². The Kier molecular flexibility index (Phi) is 7.99. The molecular formula is C23H28N2O3S2. The van der Waals surface area contributed by atoms with E-state index in [1.54, 1.807) is 55.6 Å². The average Bonchev–Trinajstić information content (AvgIpc) is 2.79. The molecule has 0 radical (unpaired) electrons. The number of nitrogens with one attached hydrogen (secondary N) is 1. The van der Waals surface area contributed by atoms with Crippen LogP contribution < -0.4 is 9.62 Å². The summed E-state index contributed by atoms with van der Waals surface area (Å²) in [7, 11) is -2.08. The van der Waals surface area contributed by atoms with E-state index in [0.717, 1.165) is 24.2 Å². The second-order valence-electron chi connectivity index (χ2n) is 7.28. The molecule has 3 rings (SSSR count). The zero-order valence-electron chi connectivity index (χ0n) is 17.2. The predicted octanol–water partition coefficient (Wildman–Crippen LogP) is 4.61. The highest BCUT2D eigenvalue weighted by Crippen LogP contribution is 2.25. The number of carbonyl (C=O) groups excluding carboxylic acids is 1. The summed E-state index contributed by atoms with van der Waals surface area (Å²) in [5.41, 5.74) is 2.06. The number of rotatable bonds is 9. The Morgan fingerprint density at radius 1 is 1.07 bits per heavy atom. The molecular weight excluding hydrogens is 416 g/mol. The maximum atomic E-state index is 12.8. The second kappa shape index (κ2) is 10.7. The van der Waals surface area contributed by atoms with Gasteiger partial charge in [0.2, 0.25) is 5.91 Å². The predicted molar refractivity (Wildman–Crippen MR) is 123 cm³/mol. The molecule has 1 amide bonds. The van der Waals surface area contributed by atoms with Crippen molar-refractivity contribution in [2.24, 2.45) is 0 Å². The molecule has 0 fully saturated rings. The molecule has 2 aromatic rings. The number of hydrogen-bond donors (Lipinski definition) is 1. The first-order chi connectivity index (χ1) is 14.5. The number of benzene rings is 2. The molecule has 0 saturated heterocycles. The van der Waals surface area contributed by atoms with Gasteiger partial charge in [0, 0.05) is 18.5 Å². The molecule has 2 aromatic carbocycles. The number of sulfonamides is 1. The van der Waals surface area contributed by atoms with Crippen molar-refractivity contribution in [2.45, 2.75) is 41.9 Å². The molecule has 1 N–H and O–H groups in total. The van der Waals surface area contributed by atoms with Crippen LogP contribution in [0.15, 0.2) is 76.0 Å². The van der Waals surface area contributed by atoms with Gasteiger partial charge in [0.15, 0.2) is 0 Å². The normalized spacial score (nSPS) is 14.1. The van der Waals surface area contributed by atoms with Crippen molar-refractivity contribution in [1.29, 1.82) is 0 Å². The Balaban J connectivity index is 1.49. The summed E-state index contributed by atoms with van der Waals surface area (Å²) >= 11 is 1.40. The minimum atomic E-state index is -3.62. The van der Waals surface area contributed by atoms with E-state index >= 15 is 0 Å². The van der Waals surface area contributed by atoms with Crippen LogP contribution in [-0.2, 0) is 14.8 Å². The summed E-state index contributed by atoms with van der Waals surface area (Å²) in [5, 5.41) is 2.97. The Labute approximate surface area is 183 Å². The smallest absolute Gasteiger partial charge is 0.264 e. The molecule has 0 bridgehead atoms. The standard InChI is InChI=1S/C23H28N2O3S2/c1-25(20-10-6-3-7-11-20)30(27,28)22-14-12-21(13-15-22)29-18-23(26)24-17-16-19-8-4-2-5-9-19/h3,6-8,10-15H,2,4-5,9,16-18H2,1H3,(H,24,26). The van der Waals surface area contributed by atoms with Crippen molar-refractivity contribution in [2.75, 3.05) is 23.7 Å². The number of thioether (sulfide) groups is 1. The van der Waals surface area contributed by atoms with Crippen LogP contribution >= 0.6 is 11.8 Å². The van der Waals surface area contributed by atoms with Crippen LogP contribution in [0.2, 0.25) is 0 Å². The topological polar surface area (TPSA) is 66.5 Å². The molecule has 7 heteroatoms. The van der Waals surface area contributed by atoms with Gasteiger partial charge >= 0.3 is 0 Å². The third-order valence-electron chi connectivity index (χ3n) is 5.13. The zero-order valence-corrected chi connectivity index (χ0v) is 18.8. The number of carbonyl (C=O) groups is 1. The molecule has 0 atom stereocenters. The minimum absolute atomic E-state index is 0.00285. The van der Waals surface area contributed by atoms with E-state index in [1.165, 1.54) is 34.5 Å². The molecule has 0 heterocycles. The van der Waals surface area contributed by atoms with E-state index in [-0.39, 0.29) is 10.8 Å². The third kappa shape index (κ3) is 6.12. The van der Waals surface area contributed by atoms with Crippen LogP contribution in [-0.4, -0.2) is 33.7 Å². The zero-order chi connectivity index (χ0) is 21.4.